The summed E-state index contributed by atoms with van der Waals surface area (Å²) in [5.41, 5.74) is 6.14. The Balaban J connectivity index is 2.42. The minimum absolute atomic E-state index is 0.0443. The molecule has 0 aliphatic carbocycles. The standard InChI is InChI=1S/C14H19FN2O3/c1-20-14(19)10-6-13(11(15)7-12(10)16)17-5-3-2-4-9(17)8-18/h6-7,9,18H,2-5,8,16H2,1H3. The summed E-state index contributed by atoms with van der Waals surface area (Å²) in [6.07, 6.45) is 2.73. The molecule has 1 aliphatic rings. The molecule has 0 spiro atoms. The van der Waals surface area contributed by atoms with E-state index in [-0.39, 0.29) is 23.9 Å². The first kappa shape index (κ1) is 14.6. The summed E-state index contributed by atoms with van der Waals surface area (Å²) < 4.78 is 18.8. The Morgan fingerprint density at radius 3 is 2.95 bits per heavy atom. The van der Waals surface area contributed by atoms with Gasteiger partial charge >= 0.3 is 5.97 Å². The Kier molecular flexibility index (Phi) is 4.44. The van der Waals surface area contributed by atoms with Gasteiger partial charge in [0.15, 0.2) is 0 Å². The zero-order chi connectivity index (χ0) is 14.7. The molecule has 0 radical (unpaired) electrons. The fourth-order valence-corrected chi connectivity index (χ4v) is 2.59. The van der Waals surface area contributed by atoms with Crippen LogP contribution in [-0.2, 0) is 4.74 Å². The molecule has 1 fully saturated rings. The number of carbonyl (C=O) groups is 1. The number of esters is 1. The Bertz CT molecular complexity index is 507. The highest BCUT2D eigenvalue weighted by atomic mass is 19.1. The van der Waals surface area contributed by atoms with E-state index in [0.717, 1.165) is 25.3 Å². The molecule has 1 heterocycles. The fourth-order valence-electron chi connectivity index (χ4n) is 2.59. The monoisotopic (exact) mass is 282 g/mol. The Morgan fingerprint density at radius 2 is 2.30 bits per heavy atom. The summed E-state index contributed by atoms with van der Waals surface area (Å²) in [4.78, 5) is 13.4. The lowest BCUT2D eigenvalue weighted by atomic mass is 10.0. The number of nitrogen functional groups attached to an aromatic ring is 1. The smallest absolute Gasteiger partial charge is 0.340 e. The van der Waals surface area contributed by atoms with E-state index in [1.165, 1.54) is 13.2 Å². The van der Waals surface area contributed by atoms with E-state index in [1.807, 2.05) is 0 Å². The van der Waals surface area contributed by atoms with Crippen LogP contribution in [0, 0.1) is 5.82 Å². The number of carbonyl (C=O) groups excluding carboxylic acids is 1. The molecule has 20 heavy (non-hydrogen) atoms. The minimum Gasteiger partial charge on any atom is -0.465 e. The van der Waals surface area contributed by atoms with Gasteiger partial charge in [-0.05, 0) is 31.4 Å². The third-order valence-corrected chi connectivity index (χ3v) is 3.67. The zero-order valence-electron chi connectivity index (χ0n) is 11.4. The van der Waals surface area contributed by atoms with Crippen LogP contribution in [-0.4, -0.2) is 37.4 Å². The van der Waals surface area contributed by atoms with Crippen molar-refractivity contribution in [3.63, 3.8) is 0 Å². The Labute approximate surface area is 117 Å². The number of halogens is 1. The summed E-state index contributed by atoms with van der Waals surface area (Å²) in [5, 5.41) is 9.41. The summed E-state index contributed by atoms with van der Waals surface area (Å²) in [5.74, 6) is -1.09. The van der Waals surface area contributed by atoms with Gasteiger partial charge in [-0.25, -0.2) is 9.18 Å². The molecule has 6 heteroatoms. The molecule has 110 valence electrons. The van der Waals surface area contributed by atoms with Crippen molar-refractivity contribution in [2.75, 3.05) is 30.9 Å². The first-order valence-corrected chi connectivity index (χ1v) is 6.63. The van der Waals surface area contributed by atoms with Gasteiger partial charge in [-0.15, -0.1) is 0 Å². The third-order valence-electron chi connectivity index (χ3n) is 3.67. The van der Waals surface area contributed by atoms with Gasteiger partial charge < -0.3 is 20.5 Å². The van der Waals surface area contributed by atoms with Gasteiger partial charge in [0.2, 0.25) is 0 Å². The number of piperidine rings is 1. The SMILES string of the molecule is COC(=O)c1cc(N2CCCCC2CO)c(F)cc1N. The number of nitrogens with zero attached hydrogens (tertiary/aromatic N) is 1. The second-order valence-corrected chi connectivity index (χ2v) is 4.91. The summed E-state index contributed by atoms with van der Waals surface area (Å²) >= 11 is 0. The predicted molar refractivity (Wildman–Crippen MR) is 74.2 cm³/mol. The van der Waals surface area contributed by atoms with E-state index in [2.05, 4.69) is 4.74 Å². The first-order chi connectivity index (χ1) is 9.58. The number of anilines is 2. The number of benzene rings is 1. The zero-order valence-corrected chi connectivity index (χ0v) is 11.4. The second kappa shape index (κ2) is 6.09. The molecule has 1 aliphatic heterocycles. The molecule has 1 aromatic rings. The second-order valence-electron chi connectivity index (χ2n) is 4.91. The average molecular weight is 282 g/mol. The summed E-state index contributed by atoms with van der Waals surface area (Å²) in [6.45, 7) is 0.601. The van der Waals surface area contributed by atoms with Crippen LogP contribution in [0.15, 0.2) is 12.1 Å². The lowest BCUT2D eigenvalue weighted by molar-refractivity contribution is 0.0602. The van der Waals surface area contributed by atoms with E-state index < -0.39 is 11.8 Å². The van der Waals surface area contributed by atoms with Gasteiger partial charge in [0.25, 0.3) is 0 Å². The highest BCUT2D eigenvalue weighted by Crippen LogP contribution is 2.30. The van der Waals surface area contributed by atoms with Crippen LogP contribution in [0.4, 0.5) is 15.8 Å². The highest BCUT2D eigenvalue weighted by Gasteiger charge is 2.26. The molecule has 2 rings (SSSR count). The van der Waals surface area contributed by atoms with Gasteiger partial charge in [-0.3, -0.25) is 0 Å². The number of ether oxygens (including phenoxy) is 1. The molecule has 1 atom stereocenters. The Hall–Kier alpha value is -1.82. The van der Waals surface area contributed by atoms with Crippen molar-refractivity contribution >= 4 is 17.3 Å². The molecule has 0 aromatic heterocycles. The molecule has 1 aromatic carbocycles. The predicted octanol–water partition coefficient (Wildman–Crippen LogP) is 1.55. The lowest BCUT2D eigenvalue weighted by Crippen LogP contribution is -2.42. The van der Waals surface area contributed by atoms with Gasteiger partial charge in [-0.2, -0.15) is 0 Å². The molecular weight excluding hydrogens is 263 g/mol. The molecule has 0 amide bonds. The molecular formula is C14H19FN2O3. The first-order valence-electron chi connectivity index (χ1n) is 6.63. The maximum absolute atomic E-state index is 14.1. The number of methoxy groups -OCH3 is 1. The van der Waals surface area contributed by atoms with Crippen LogP contribution in [0.2, 0.25) is 0 Å². The molecule has 1 unspecified atom stereocenters. The quantitative estimate of drug-likeness (QED) is 0.650. The molecule has 3 N–H and O–H groups in total. The number of rotatable bonds is 3. The average Bonchev–Trinajstić information content (AvgIpc) is 2.46. The van der Waals surface area contributed by atoms with E-state index in [9.17, 15) is 14.3 Å². The van der Waals surface area contributed by atoms with E-state index in [0.29, 0.717) is 12.2 Å². The van der Waals surface area contributed by atoms with Gasteiger partial charge in [0.05, 0.1) is 31.0 Å². The van der Waals surface area contributed by atoms with Crippen molar-refractivity contribution in [1.82, 2.24) is 0 Å². The highest BCUT2D eigenvalue weighted by molar-refractivity contribution is 5.96. The lowest BCUT2D eigenvalue weighted by Gasteiger charge is -2.36. The number of nitrogens with two attached hydrogens (primary N) is 1. The van der Waals surface area contributed by atoms with Crippen LogP contribution in [0.5, 0.6) is 0 Å². The Morgan fingerprint density at radius 1 is 1.55 bits per heavy atom. The number of hydrogen-bond acceptors (Lipinski definition) is 5. The molecule has 0 saturated carbocycles. The van der Waals surface area contributed by atoms with Crippen LogP contribution >= 0.6 is 0 Å². The van der Waals surface area contributed by atoms with E-state index >= 15 is 0 Å². The molecule has 0 bridgehead atoms. The van der Waals surface area contributed by atoms with E-state index in [4.69, 9.17) is 5.73 Å². The van der Waals surface area contributed by atoms with Crippen molar-refractivity contribution in [2.45, 2.75) is 25.3 Å². The van der Waals surface area contributed by atoms with E-state index in [1.54, 1.807) is 4.90 Å². The summed E-state index contributed by atoms with van der Waals surface area (Å²) in [7, 11) is 1.25. The maximum Gasteiger partial charge on any atom is 0.340 e. The molecule has 1 saturated heterocycles. The minimum atomic E-state index is -0.596. The summed E-state index contributed by atoms with van der Waals surface area (Å²) in [6, 6.07) is 2.40. The van der Waals surface area contributed by atoms with Crippen LogP contribution in [0.1, 0.15) is 29.6 Å². The maximum atomic E-state index is 14.1. The number of aliphatic hydroxyl groups excluding tert-OH is 1. The third kappa shape index (κ3) is 2.70. The fraction of sp³-hybridized carbons (Fsp3) is 0.500. The molecule has 5 nitrogen and oxygen atoms in total. The van der Waals surface area contributed by atoms with Crippen molar-refractivity contribution in [3.8, 4) is 0 Å². The van der Waals surface area contributed by atoms with Gasteiger partial charge in [0, 0.05) is 12.2 Å². The van der Waals surface area contributed by atoms with Gasteiger partial charge in [-0.1, -0.05) is 0 Å². The van der Waals surface area contributed by atoms with Crippen molar-refractivity contribution < 1.29 is 19.0 Å². The van der Waals surface area contributed by atoms with Crippen molar-refractivity contribution in [3.05, 3.63) is 23.5 Å². The van der Waals surface area contributed by atoms with Crippen LogP contribution in [0.3, 0.4) is 0 Å². The largest absolute Gasteiger partial charge is 0.465 e. The van der Waals surface area contributed by atoms with Crippen LogP contribution < -0.4 is 10.6 Å². The van der Waals surface area contributed by atoms with Crippen molar-refractivity contribution in [1.29, 1.82) is 0 Å². The normalized spacial score (nSPS) is 18.9. The number of aliphatic hydroxyl groups is 1. The van der Waals surface area contributed by atoms with Gasteiger partial charge in [0.1, 0.15) is 5.82 Å². The topological polar surface area (TPSA) is 75.8 Å². The van der Waals surface area contributed by atoms with Crippen molar-refractivity contribution in [2.24, 2.45) is 0 Å². The van der Waals surface area contributed by atoms with Crippen LogP contribution in [0.25, 0.3) is 0 Å². The number of hydrogen-bond donors (Lipinski definition) is 2.